The molecule has 1 N–H and O–H groups in total. The van der Waals surface area contributed by atoms with Crippen molar-refractivity contribution < 1.29 is 9.59 Å². The van der Waals surface area contributed by atoms with Crippen LogP contribution in [0.5, 0.6) is 0 Å². The summed E-state index contributed by atoms with van der Waals surface area (Å²) in [7, 11) is 0. The molecule has 3 rings (SSSR count). The summed E-state index contributed by atoms with van der Waals surface area (Å²) in [6, 6.07) is 13.1. The molecule has 0 saturated heterocycles. The van der Waals surface area contributed by atoms with Gasteiger partial charge in [-0.3, -0.25) is 9.59 Å². The van der Waals surface area contributed by atoms with Gasteiger partial charge in [0.2, 0.25) is 11.8 Å². The van der Waals surface area contributed by atoms with E-state index in [1.165, 1.54) is 23.7 Å². The Morgan fingerprint density at radius 1 is 1.06 bits per heavy atom. The monoisotopic (exact) mass is 506 g/mol. The highest BCUT2D eigenvalue weighted by molar-refractivity contribution is 8.00. The Balaban J connectivity index is 1.77. The number of nitrogens with zero attached hydrogens (tertiary/aromatic N) is 1. The van der Waals surface area contributed by atoms with Crippen molar-refractivity contribution in [1.29, 1.82) is 0 Å². The molecule has 0 bridgehead atoms. The van der Waals surface area contributed by atoms with Crippen molar-refractivity contribution in [1.82, 2.24) is 10.2 Å². The van der Waals surface area contributed by atoms with E-state index in [4.69, 9.17) is 23.2 Å². The topological polar surface area (TPSA) is 49.4 Å². The van der Waals surface area contributed by atoms with E-state index < -0.39 is 6.04 Å². The lowest BCUT2D eigenvalue weighted by Gasteiger charge is -2.32. The van der Waals surface area contributed by atoms with Gasteiger partial charge in [-0.1, -0.05) is 73.2 Å². The van der Waals surface area contributed by atoms with Gasteiger partial charge in [-0.2, -0.15) is 0 Å². The van der Waals surface area contributed by atoms with Gasteiger partial charge in [-0.15, -0.1) is 11.8 Å². The molecule has 0 radical (unpaired) electrons. The molecule has 1 aliphatic rings. The number of hydrogen-bond donors (Lipinski definition) is 1. The van der Waals surface area contributed by atoms with Crippen LogP contribution in [0.15, 0.2) is 47.4 Å². The molecule has 1 saturated carbocycles. The van der Waals surface area contributed by atoms with Crippen LogP contribution in [0.1, 0.15) is 56.6 Å². The van der Waals surface area contributed by atoms with E-state index in [9.17, 15) is 9.59 Å². The molecule has 33 heavy (non-hydrogen) atoms. The molecule has 0 spiro atoms. The number of amides is 2. The van der Waals surface area contributed by atoms with E-state index in [0.29, 0.717) is 23.0 Å². The zero-order valence-electron chi connectivity index (χ0n) is 19.3. The maximum atomic E-state index is 13.4. The fourth-order valence-electron chi connectivity index (χ4n) is 4.16. The second kappa shape index (κ2) is 12.7. The average Bonchev–Trinajstić information content (AvgIpc) is 2.81. The number of carbonyl (C=O) groups is 2. The predicted molar refractivity (Wildman–Crippen MR) is 138 cm³/mol. The van der Waals surface area contributed by atoms with Crippen LogP contribution in [0.2, 0.25) is 10.0 Å². The van der Waals surface area contributed by atoms with Crippen LogP contribution in [-0.2, 0) is 16.1 Å². The lowest BCUT2D eigenvalue weighted by Crippen LogP contribution is -2.52. The second-order valence-corrected chi connectivity index (χ2v) is 10.5. The first-order valence-electron chi connectivity index (χ1n) is 11.6. The third-order valence-electron chi connectivity index (χ3n) is 6.06. The van der Waals surface area contributed by atoms with Crippen LogP contribution in [-0.4, -0.2) is 34.6 Å². The molecule has 0 unspecified atom stereocenters. The maximum absolute atomic E-state index is 13.4. The molecular formula is C26H32Cl2N2O2S. The van der Waals surface area contributed by atoms with Gasteiger partial charge < -0.3 is 10.2 Å². The van der Waals surface area contributed by atoms with E-state index in [1.54, 1.807) is 17.0 Å². The molecule has 0 heterocycles. The molecule has 0 aliphatic heterocycles. The van der Waals surface area contributed by atoms with Crippen molar-refractivity contribution in [2.24, 2.45) is 0 Å². The Labute approximate surface area is 211 Å². The van der Waals surface area contributed by atoms with E-state index in [-0.39, 0.29) is 23.6 Å². The lowest BCUT2D eigenvalue weighted by atomic mass is 9.95. The molecule has 0 aromatic heterocycles. The fourth-order valence-corrected chi connectivity index (χ4v) is 5.27. The summed E-state index contributed by atoms with van der Waals surface area (Å²) in [5, 5.41) is 4.11. The summed E-state index contributed by atoms with van der Waals surface area (Å²) in [4.78, 5) is 29.4. The van der Waals surface area contributed by atoms with Crippen molar-refractivity contribution >= 4 is 46.8 Å². The largest absolute Gasteiger partial charge is 0.352 e. The van der Waals surface area contributed by atoms with Crippen LogP contribution in [0, 0.1) is 6.92 Å². The van der Waals surface area contributed by atoms with E-state index in [2.05, 4.69) is 5.32 Å². The summed E-state index contributed by atoms with van der Waals surface area (Å²) >= 11 is 13.8. The van der Waals surface area contributed by atoms with E-state index in [0.717, 1.165) is 36.1 Å². The van der Waals surface area contributed by atoms with Crippen LogP contribution in [0.3, 0.4) is 0 Å². The lowest BCUT2D eigenvalue weighted by molar-refractivity contribution is -0.139. The van der Waals surface area contributed by atoms with E-state index in [1.807, 2.05) is 44.2 Å². The first kappa shape index (κ1) is 25.9. The van der Waals surface area contributed by atoms with Gasteiger partial charge in [0, 0.05) is 17.5 Å². The molecule has 178 valence electrons. The molecule has 1 atom stereocenters. The Morgan fingerprint density at radius 3 is 2.39 bits per heavy atom. The number of nitrogens with one attached hydrogen (secondary N) is 1. The minimum Gasteiger partial charge on any atom is -0.352 e. The number of carbonyl (C=O) groups excluding carboxylic acids is 2. The number of aryl methyl sites for hydroxylation is 1. The average molecular weight is 508 g/mol. The highest BCUT2D eigenvalue weighted by atomic mass is 35.5. The molecule has 2 aromatic rings. The summed E-state index contributed by atoms with van der Waals surface area (Å²) in [5.41, 5.74) is 2.03. The maximum Gasteiger partial charge on any atom is 0.243 e. The van der Waals surface area contributed by atoms with Gasteiger partial charge in [0.15, 0.2) is 0 Å². The second-order valence-electron chi connectivity index (χ2n) is 8.64. The van der Waals surface area contributed by atoms with Crippen LogP contribution >= 0.6 is 35.0 Å². The minimum absolute atomic E-state index is 0.0712. The third-order valence-corrected chi connectivity index (χ3v) is 7.79. The first-order chi connectivity index (χ1) is 15.9. The van der Waals surface area contributed by atoms with Crippen molar-refractivity contribution in [3.63, 3.8) is 0 Å². The molecular weight excluding hydrogens is 475 g/mol. The summed E-state index contributed by atoms with van der Waals surface area (Å²) < 4.78 is 0. The number of rotatable bonds is 9. The molecule has 2 aromatic carbocycles. The van der Waals surface area contributed by atoms with Crippen LogP contribution < -0.4 is 5.32 Å². The van der Waals surface area contributed by atoms with Crippen molar-refractivity contribution in [2.75, 3.05) is 5.75 Å². The smallest absolute Gasteiger partial charge is 0.243 e. The number of thioether (sulfide) groups is 1. The first-order valence-corrected chi connectivity index (χ1v) is 13.3. The zero-order chi connectivity index (χ0) is 23.8. The predicted octanol–water partition coefficient (Wildman–Crippen LogP) is 6.65. The summed E-state index contributed by atoms with van der Waals surface area (Å²) in [6.45, 7) is 4.30. The Bertz CT molecular complexity index is 946. The fraction of sp³-hybridized carbons (Fsp3) is 0.462. The van der Waals surface area contributed by atoms with Crippen molar-refractivity contribution in [3.05, 3.63) is 63.6 Å². The van der Waals surface area contributed by atoms with Crippen molar-refractivity contribution in [3.8, 4) is 0 Å². The van der Waals surface area contributed by atoms with Crippen LogP contribution in [0.25, 0.3) is 0 Å². The number of halogens is 2. The highest BCUT2D eigenvalue weighted by Gasteiger charge is 2.30. The summed E-state index contributed by atoms with van der Waals surface area (Å²) in [5.74, 6) is 0.118. The summed E-state index contributed by atoms with van der Waals surface area (Å²) in [6.07, 6.45) is 6.06. The van der Waals surface area contributed by atoms with Gasteiger partial charge in [0.1, 0.15) is 6.04 Å². The molecule has 7 heteroatoms. The zero-order valence-corrected chi connectivity index (χ0v) is 21.6. The molecule has 4 nitrogen and oxygen atoms in total. The standard InChI is InChI=1S/C26H32Cl2N2O2S/c1-3-24(26(32)29-20-7-5-4-6-8-20)30(16-19-11-14-22(27)23(28)15-19)25(31)17-33-21-12-9-18(2)10-13-21/h9-15,20,24H,3-8,16-17H2,1-2H3,(H,29,32)/t24-/m0/s1. The molecule has 1 fully saturated rings. The highest BCUT2D eigenvalue weighted by Crippen LogP contribution is 2.26. The number of hydrogen-bond acceptors (Lipinski definition) is 3. The van der Waals surface area contributed by atoms with Gasteiger partial charge >= 0.3 is 0 Å². The van der Waals surface area contributed by atoms with Gasteiger partial charge in [0.25, 0.3) is 0 Å². The minimum atomic E-state index is -0.535. The Morgan fingerprint density at radius 2 is 1.76 bits per heavy atom. The van der Waals surface area contributed by atoms with E-state index >= 15 is 0 Å². The third kappa shape index (κ3) is 7.66. The quantitative estimate of drug-likeness (QED) is 0.387. The van der Waals surface area contributed by atoms with Gasteiger partial charge in [0.05, 0.1) is 15.8 Å². The Kier molecular flexibility index (Phi) is 9.96. The molecule has 2 amide bonds. The van der Waals surface area contributed by atoms with Gasteiger partial charge in [-0.25, -0.2) is 0 Å². The normalized spacial score (nSPS) is 15.2. The SMILES string of the molecule is CC[C@@H](C(=O)NC1CCCCC1)N(Cc1ccc(Cl)c(Cl)c1)C(=O)CSc1ccc(C)cc1. The van der Waals surface area contributed by atoms with Crippen molar-refractivity contribution in [2.45, 2.75) is 75.9 Å². The Hall–Kier alpha value is -1.69. The van der Waals surface area contributed by atoms with Crippen LogP contribution in [0.4, 0.5) is 0 Å². The molecule has 1 aliphatic carbocycles. The number of benzene rings is 2. The van der Waals surface area contributed by atoms with Gasteiger partial charge in [-0.05, 0) is 56.0 Å².